The molecular formula is C15H22N2O2S. The second-order valence-electron chi connectivity index (χ2n) is 5.49. The molecule has 1 N–H and O–H groups in total. The van der Waals surface area contributed by atoms with Crippen LogP contribution in [0.1, 0.15) is 33.1 Å². The lowest BCUT2D eigenvalue weighted by atomic mass is 9.87. The van der Waals surface area contributed by atoms with E-state index in [1.54, 1.807) is 12.1 Å². The molecule has 4 nitrogen and oxygen atoms in total. The first kappa shape index (κ1) is 15.3. The number of hydrogen-bond acceptors (Lipinski definition) is 4. The van der Waals surface area contributed by atoms with E-state index in [0.717, 1.165) is 17.4 Å². The van der Waals surface area contributed by atoms with Crippen LogP contribution in [0.25, 0.3) is 0 Å². The van der Waals surface area contributed by atoms with Gasteiger partial charge < -0.3 is 5.32 Å². The van der Waals surface area contributed by atoms with Crippen molar-refractivity contribution in [2.75, 3.05) is 6.54 Å². The first-order chi connectivity index (χ1) is 9.60. The van der Waals surface area contributed by atoms with Gasteiger partial charge >= 0.3 is 0 Å². The zero-order valence-corrected chi connectivity index (χ0v) is 12.9. The molecule has 110 valence electrons. The molecule has 0 aliphatic heterocycles. The molecule has 0 heterocycles. The molecule has 0 amide bonds. The summed E-state index contributed by atoms with van der Waals surface area (Å²) in [5, 5.41) is 14.8. The molecule has 0 bridgehead atoms. The Bertz CT molecular complexity index is 450. The highest BCUT2D eigenvalue weighted by Crippen LogP contribution is 2.36. The van der Waals surface area contributed by atoms with E-state index >= 15 is 0 Å². The number of benzene rings is 1. The smallest absolute Gasteiger partial charge is 0.269 e. The summed E-state index contributed by atoms with van der Waals surface area (Å²) in [5.41, 5.74) is 0.162. The number of rotatable bonds is 5. The van der Waals surface area contributed by atoms with Gasteiger partial charge in [0.1, 0.15) is 0 Å². The molecule has 1 aliphatic rings. The molecule has 2 rings (SSSR count). The van der Waals surface area contributed by atoms with Crippen LogP contribution in [0.4, 0.5) is 5.69 Å². The van der Waals surface area contributed by atoms with Crippen molar-refractivity contribution in [3.05, 3.63) is 34.4 Å². The van der Waals surface area contributed by atoms with E-state index in [4.69, 9.17) is 0 Å². The van der Waals surface area contributed by atoms with Gasteiger partial charge in [-0.25, -0.2) is 0 Å². The number of nitrogens with one attached hydrogen (secondary N) is 1. The van der Waals surface area contributed by atoms with Gasteiger partial charge in [0, 0.05) is 28.3 Å². The van der Waals surface area contributed by atoms with Gasteiger partial charge in [-0.05, 0) is 43.9 Å². The van der Waals surface area contributed by atoms with E-state index in [0.29, 0.717) is 11.3 Å². The molecule has 0 aromatic heterocycles. The zero-order valence-electron chi connectivity index (χ0n) is 12.0. The third-order valence-corrected chi connectivity index (χ3v) is 5.22. The third-order valence-electron chi connectivity index (χ3n) is 3.86. The van der Waals surface area contributed by atoms with E-state index in [-0.39, 0.29) is 10.6 Å². The summed E-state index contributed by atoms with van der Waals surface area (Å²) in [7, 11) is 0. The fourth-order valence-corrected chi connectivity index (χ4v) is 4.24. The van der Waals surface area contributed by atoms with Crippen LogP contribution in [-0.2, 0) is 0 Å². The standard InChI is InChI=1S/C15H22N2O2S/c1-3-16-14-9-4-11(2)10-15(14)20-13-7-5-12(6-8-13)17(18)19/h5-8,11,14-16H,3-4,9-10H2,1-2H3. The van der Waals surface area contributed by atoms with Crippen molar-refractivity contribution < 1.29 is 4.92 Å². The molecule has 3 atom stereocenters. The first-order valence-electron chi connectivity index (χ1n) is 7.24. The predicted molar refractivity (Wildman–Crippen MR) is 83.2 cm³/mol. The van der Waals surface area contributed by atoms with Crippen LogP contribution in [0.3, 0.4) is 0 Å². The second kappa shape index (κ2) is 7.09. The number of nitrogens with zero attached hydrogens (tertiary/aromatic N) is 1. The van der Waals surface area contributed by atoms with Gasteiger partial charge in [-0.15, -0.1) is 11.8 Å². The summed E-state index contributed by atoms with van der Waals surface area (Å²) in [6.07, 6.45) is 3.72. The molecule has 0 spiro atoms. The highest BCUT2D eigenvalue weighted by molar-refractivity contribution is 8.00. The van der Waals surface area contributed by atoms with Crippen molar-refractivity contribution in [3.8, 4) is 0 Å². The lowest BCUT2D eigenvalue weighted by molar-refractivity contribution is -0.384. The highest BCUT2D eigenvalue weighted by Gasteiger charge is 2.28. The molecule has 0 radical (unpaired) electrons. The van der Waals surface area contributed by atoms with Gasteiger partial charge in [0.05, 0.1) is 4.92 Å². The Balaban J connectivity index is 2.03. The lowest BCUT2D eigenvalue weighted by Gasteiger charge is -2.35. The maximum absolute atomic E-state index is 10.7. The van der Waals surface area contributed by atoms with E-state index < -0.39 is 0 Å². The summed E-state index contributed by atoms with van der Waals surface area (Å²) in [6, 6.07) is 7.47. The Morgan fingerprint density at radius 1 is 1.35 bits per heavy atom. The van der Waals surface area contributed by atoms with Crippen molar-refractivity contribution in [2.45, 2.75) is 49.3 Å². The molecule has 3 unspecified atom stereocenters. The van der Waals surface area contributed by atoms with Crippen LogP contribution in [0.15, 0.2) is 29.2 Å². The number of nitro groups is 1. The molecule has 1 aliphatic carbocycles. The van der Waals surface area contributed by atoms with Gasteiger partial charge in [-0.1, -0.05) is 13.8 Å². The lowest BCUT2D eigenvalue weighted by Crippen LogP contribution is -2.42. The quantitative estimate of drug-likeness (QED) is 0.662. The maximum Gasteiger partial charge on any atom is 0.269 e. The van der Waals surface area contributed by atoms with E-state index in [2.05, 4.69) is 19.2 Å². The maximum atomic E-state index is 10.7. The van der Waals surface area contributed by atoms with Crippen LogP contribution >= 0.6 is 11.8 Å². The minimum absolute atomic E-state index is 0.162. The largest absolute Gasteiger partial charge is 0.313 e. The Kier molecular flexibility index (Phi) is 5.43. The average molecular weight is 294 g/mol. The van der Waals surface area contributed by atoms with Crippen molar-refractivity contribution in [2.24, 2.45) is 5.92 Å². The average Bonchev–Trinajstić information content (AvgIpc) is 2.42. The van der Waals surface area contributed by atoms with Gasteiger partial charge in [0.25, 0.3) is 5.69 Å². The second-order valence-corrected chi connectivity index (χ2v) is 6.80. The van der Waals surface area contributed by atoms with Crippen molar-refractivity contribution >= 4 is 17.4 Å². The normalized spacial score (nSPS) is 26.4. The van der Waals surface area contributed by atoms with Gasteiger partial charge in [0.2, 0.25) is 0 Å². The molecule has 20 heavy (non-hydrogen) atoms. The molecule has 1 aromatic carbocycles. The first-order valence-corrected chi connectivity index (χ1v) is 8.12. The monoisotopic (exact) mass is 294 g/mol. The Morgan fingerprint density at radius 2 is 2.05 bits per heavy atom. The van der Waals surface area contributed by atoms with Crippen LogP contribution < -0.4 is 5.32 Å². The topological polar surface area (TPSA) is 55.2 Å². The van der Waals surface area contributed by atoms with Crippen molar-refractivity contribution in [1.82, 2.24) is 5.32 Å². The molecule has 5 heteroatoms. The molecular weight excluding hydrogens is 272 g/mol. The van der Waals surface area contributed by atoms with Crippen LogP contribution in [-0.4, -0.2) is 22.8 Å². The van der Waals surface area contributed by atoms with E-state index in [9.17, 15) is 10.1 Å². The predicted octanol–water partition coefficient (Wildman–Crippen LogP) is 3.85. The number of nitro benzene ring substituents is 1. The fraction of sp³-hybridized carbons (Fsp3) is 0.600. The fourth-order valence-electron chi connectivity index (χ4n) is 2.78. The molecule has 0 saturated heterocycles. The number of thioether (sulfide) groups is 1. The van der Waals surface area contributed by atoms with E-state index in [1.807, 2.05) is 23.9 Å². The van der Waals surface area contributed by atoms with Gasteiger partial charge in [-0.2, -0.15) is 0 Å². The summed E-state index contributed by atoms with van der Waals surface area (Å²) in [5.74, 6) is 0.764. The highest BCUT2D eigenvalue weighted by atomic mass is 32.2. The van der Waals surface area contributed by atoms with Gasteiger partial charge in [-0.3, -0.25) is 10.1 Å². The third kappa shape index (κ3) is 3.96. The summed E-state index contributed by atoms with van der Waals surface area (Å²) in [6.45, 7) is 5.45. The molecule has 1 saturated carbocycles. The minimum atomic E-state index is -0.349. The molecule has 1 fully saturated rings. The number of non-ortho nitro benzene ring substituents is 1. The summed E-state index contributed by atoms with van der Waals surface area (Å²) < 4.78 is 0. The molecule has 1 aromatic rings. The van der Waals surface area contributed by atoms with Gasteiger partial charge in [0.15, 0.2) is 0 Å². The zero-order chi connectivity index (χ0) is 14.5. The minimum Gasteiger partial charge on any atom is -0.313 e. The summed E-state index contributed by atoms with van der Waals surface area (Å²) in [4.78, 5) is 11.4. The van der Waals surface area contributed by atoms with Crippen molar-refractivity contribution in [1.29, 1.82) is 0 Å². The van der Waals surface area contributed by atoms with Crippen LogP contribution in [0.5, 0.6) is 0 Å². The Morgan fingerprint density at radius 3 is 2.65 bits per heavy atom. The Hall–Kier alpha value is -1.07. The van der Waals surface area contributed by atoms with Crippen molar-refractivity contribution in [3.63, 3.8) is 0 Å². The number of hydrogen-bond donors (Lipinski definition) is 1. The van der Waals surface area contributed by atoms with Crippen LogP contribution in [0.2, 0.25) is 0 Å². The van der Waals surface area contributed by atoms with E-state index in [1.165, 1.54) is 19.3 Å². The Labute approximate surface area is 124 Å². The van der Waals surface area contributed by atoms with Crippen LogP contribution in [0, 0.1) is 16.0 Å². The summed E-state index contributed by atoms with van der Waals surface area (Å²) >= 11 is 1.85. The SMILES string of the molecule is CCNC1CCC(C)CC1Sc1ccc([N+](=O)[O-])cc1.